The lowest BCUT2D eigenvalue weighted by molar-refractivity contribution is -0.151. The van der Waals surface area contributed by atoms with Gasteiger partial charge in [-0.3, -0.25) is 9.59 Å². The fourth-order valence-electron chi connectivity index (χ4n) is 4.11. The molecule has 0 bridgehead atoms. The number of aliphatic carboxylic acids is 2. The van der Waals surface area contributed by atoms with Crippen LogP contribution >= 0.6 is 0 Å². The molecule has 0 spiro atoms. The zero-order chi connectivity index (χ0) is 21.1. The van der Waals surface area contributed by atoms with Crippen molar-refractivity contribution in [2.24, 2.45) is 5.41 Å². The highest BCUT2D eigenvalue weighted by Crippen LogP contribution is 2.37. The standard InChI is InChI=1S/C24H46O4/c1-3-5-7-9-11-13-15-19-24(23(27)28,21-17-18-22(25)26)20-16-14-12-10-8-6-4-2/h3-21H2,1-2H3,(H,25,26)(H,27,28). The minimum Gasteiger partial charge on any atom is -0.481 e. The normalized spacial score (nSPS) is 11.6. The number of carboxylic acid groups (broad SMARTS) is 2. The highest BCUT2D eigenvalue weighted by atomic mass is 16.4. The predicted molar refractivity (Wildman–Crippen MR) is 117 cm³/mol. The number of rotatable bonds is 21. The zero-order valence-electron chi connectivity index (χ0n) is 18.6. The van der Waals surface area contributed by atoms with Crippen molar-refractivity contribution in [1.82, 2.24) is 0 Å². The first kappa shape index (κ1) is 26.9. The van der Waals surface area contributed by atoms with Crippen LogP contribution in [0.25, 0.3) is 0 Å². The van der Waals surface area contributed by atoms with E-state index in [2.05, 4.69) is 13.8 Å². The van der Waals surface area contributed by atoms with Gasteiger partial charge in [-0.15, -0.1) is 0 Å². The first-order valence-corrected chi connectivity index (χ1v) is 11.9. The third-order valence-electron chi connectivity index (χ3n) is 6.02. The van der Waals surface area contributed by atoms with Crippen LogP contribution in [0.15, 0.2) is 0 Å². The van der Waals surface area contributed by atoms with Crippen LogP contribution in [0.3, 0.4) is 0 Å². The van der Waals surface area contributed by atoms with E-state index in [1.165, 1.54) is 64.2 Å². The third kappa shape index (κ3) is 14.0. The van der Waals surface area contributed by atoms with Gasteiger partial charge in [-0.1, -0.05) is 104 Å². The van der Waals surface area contributed by atoms with E-state index in [9.17, 15) is 14.7 Å². The Morgan fingerprint density at radius 2 is 0.929 bits per heavy atom. The highest BCUT2D eigenvalue weighted by Gasteiger charge is 2.36. The van der Waals surface area contributed by atoms with Crippen molar-refractivity contribution >= 4 is 11.9 Å². The smallest absolute Gasteiger partial charge is 0.309 e. The van der Waals surface area contributed by atoms with E-state index in [4.69, 9.17) is 5.11 Å². The van der Waals surface area contributed by atoms with Crippen LogP contribution in [0.4, 0.5) is 0 Å². The molecule has 0 heterocycles. The molecule has 2 N–H and O–H groups in total. The Hall–Kier alpha value is -1.06. The summed E-state index contributed by atoms with van der Waals surface area (Å²) in [4.78, 5) is 23.0. The number of hydrogen-bond donors (Lipinski definition) is 2. The van der Waals surface area contributed by atoms with Gasteiger partial charge in [-0.2, -0.15) is 0 Å². The maximum absolute atomic E-state index is 12.2. The van der Waals surface area contributed by atoms with Crippen molar-refractivity contribution in [2.75, 3.05) is 0 Å². The van der Waals surface area contributed by atoms with Gasteiger partial charge >= 0.3 is 11.9 Å². The summed E-state index contributed by atoms with van der Waals surface area (Å²) in [6, 6.07) is 0. The van der Waals surface area contributed by atoms with Gasteiger partial charge < -0.3 is 10.2 Å². The maximum atomic E-state index is 12.2. The van der Waals surface area contributed by atoms with E-state index in [0.717, 1.165) is 25.7 Å². The lowest BCUT2D eigenvalue weighted by atomic mass is 9.74. The SMILES string of the molecule is CCCCCCCCCC(CCCCCCCCC)(CCCC(=O)O)C(=O)O. The topological polar surface area (TPSA) is 74.6 Å². The summed E-state index contributed by atoms with van der Waals surface area (Å²) < 4.78 is 0. The fraction of sp³-hybridized carbons (Fsp3) is 0.917. The van der Waals surface area contributed by atoms with Crippen molar-refractivity contribution in [2.45, 2.75) is 136 Å². The Bertz CT molecular complexity index is 374. The monoisotopic (exact) mass is 398 g/mol. The molecule has 0 amide bonds. The molecule has 0 saturated carbocycles. The Balaban J connectivity index is 4.46. The van der Waals surface area contributed by atoms with Crippen LogP contribution in [-0.2, 0) is 9.59 Å². The lowest BCUT2D eigenvalue weighted by Gasteiger charge is -2.30. The van der Waals surface area contributed by atoms with Gasteiger partial charge in [-0.05, 0) is 25.7 Å². The second-order valence-corrected chi connectivity index (χ2v) is 8.58. The van der Waals surface area contributed by atoms with E-state index < -0.39 is 17.4 Å². The Morgan fingerprint density at radius 3 is 1.29 bits per heavy atom. The number of carboxylic acids is 2. The van der Waals surface area contributed by atoms with Crippen LogP contribution in [0, 0.1) is 5.41 Å². The molecule has 166 valence electrons. The van der Waals surface area contributed by atoms with Crippen LogP contribution < -0.4 is 0 Å². The molecular formula is C24H46O4. The molecule has 0 fully saturated rings. The van der Waals surface area contributed by atoms with Crippen molar-refractivity contribution in [3.05, 3.63) is 0 Å². The van der Waals surface area contributed by atoms with E-state index in [0.29, 0.717) is 25.7 Å². The number of unbranched alkanes of at least 4 members (excludes halogenated alkanes) is 12. The average molecular weight is 399 g/mol. The minimum absolute atomic E-state index is 0.0725. The Morgan fingerprint density at radius 1 is 0.571 bits per heavy atom. The molecule has 0 unspecified atom stereocenters. The van der Waals surface area contributed by atoms with Gasteiger partial charge in [0.15, 0.2) is 0 Å². The molecule has 0 aromatic carbocycles. The van der Waals surface area contributed by atoms with Crippen molar-refractivity contribution in [3.8, 4) is 0 Å². The highest BCUT2D eigenvalue weighted by molar-refractivity contribution is 5.74. The van der Waals surface area contributed by atoms with E-state index in [1.807, 2.05) is 0 Å². The summed E-state index contributed by atoms with van der Waals surface area (Å²) in [5.74, 6) is -1.54. The van der Waals surface area contributed by atoms with Crippen molar-refractivity contribution in [1.29, 1.82) is 0 Å². The van der Waals surface area contributed by atoms with Gasteiger partial charge in [0.1, 0.15) is 0 Å². The summed E-state index contributed by atoms with van der Waals surface area (Å²) in [6.07, 6.45) is 19.0. The Kier molecular flexibility index (Phi) is 17.3. The number of hydrogen-bond acceptors (Lipinski definition) is 2. The molecule has 4 heteroatoms. The van der Waals surface area contributed by atoms with Crippen LogP contribution in [0.1, 0.15) is 136 Å². The second kappa shape index (κ2) is 18.0. The Labute approximate surface area is 173 Å². The van der Waals surface area contributed by atoms with E-state index in [-0.39, 0.29) is 6.42 Å². The molecule has 0 atom stereocenters. The summed E-state index contributed by atoms with van der Waals surface area (Å²) in [5.41, 5.74) is -0.720. The molecular weight excluding hydrogens is 352 g/mol. The predicted octanol–water partition coefficient (Wildman–Crippen LogP) is 7.59. The fourth-order valence-corrected chi connectivity index (χ4v) is 4.11. The second-order valence-electron chi connectivity index (χ2n) is 8.58. The van der Waals surface area contributed by atoms with Gasteiger partial charge in [0, 0.05) is 6.42 Å². The molecule has 0 aliphatic rings. The van der Waals surface area contributed by atoms with Crippen LogP contribution in [-0.4, -0.2) is 22.2 Å². The summed E-state index contributed by atoms with van der Waals surface area (Å²) in [6.45, 7) is 4.42. The third-order valence-corrected chi connectivity index (χ3v) is 6.02. The molecule has 0 saturated heterocycles. The summed E-state index contributed by atoms with van der Waals surface area (Å²) in [5, 5.41) is 18.9. The molecule has 0 aromatic heterocycles. The van der Waals surface area contributed by atoms with Gasteiger partial charge in [-0.25, -0.2) is 0 Å². The maximum Gasteiger partial charge on any atom is 0.309 e. The molecule has 0 rings (SSSR count). The van der Waals surface area contributed by atoms with Gasteiger partial charge in [0.25, 0.3) is 0 Å². The molecule has 0 aliphatic heterocycles. The quantitative estimate of drug-likeness (QED) is 0.195. The minimum atomic E-state index is -0.828. The van der Waals surface area contributed by atoms with E-state index >= 15 is 0 Å². The largest absolute Gasteiger partial charge is 0.481 e. The van der Waals surface area contributed by atoms with Gasteiger partial charge in [0.05, 0.1) is 5.41 Å². The molecule has 0 aliphatic carbocycles. The van der Waals surface area contributed by atoms with Crippen LogP contribution in [0.2, 0.25) is 0 Å². The van der Waals surface area contributed by atoms with E-state index in [1.54, 1.807) is 0 Å². The molecule has 28 heavy (non-hydrogen) atoms. The molecule has 0 radical (unpaired) electrons. The summed E-state index contributed by atoms with van der Waals surface area (Å²) >= 11 is 0. The lowest BCUT2D eigenvalue weighted by Crippen LogP contribution is -2.31. The van der Waals surface area contributed by atoms with Crippen LogP contribution in [0.5, 0.6) is 0 Å². The van der Waals surface area contributed by atoms with Crippen molar-refractivity contribution in [3.63, 3.8) is 0 Å². The molecule has 0 aromatic rings. The molecule has 4 nitrogen and oxygen atoms in total. The zero-order valence-corrected chi connectivity index (χ0v) is 18.6. The first-order chi connectivity index (χ1) is 13.5. The number of carbonyl (C=O) groups is 2. The van der Waals surface area contributed by atoms with Gasteiger partial charge in [0.2, 0.25) is 0 Å². The van der Waals surface area contributed by atoms with Crippen molar-refractivity contribution < 1.29 is 19.8 Å². The summed E-state index contributed by atoms with van der Waals surface area (Å²) in [7, 11) is 0. The average Bonchev–Trinajstić information content (AvgIpc) is 2.65. The first-order valence-electron chi connectivity index (χ1n) is 11.9.